The minimum atomic E-state index is -0.939. The number of para-hydroxylation sites is 2. The largest absolute Gasteiger partial charge is 0.334 e. The van der Waals surface area contributed by atoms with Gasteiger partial charge >= 0.3 is 0 Å². The van der Waals surface area contributed by atoms with Gasteiger partial charge in [0.25, 0.3) is 5.91 Å². The zero-order chi connectivity index (χ0) is 17.3. The normalized spacial score (nSPS) is 12.2. The molecule has 24 heavy (non-hydrogen) atoms. The number of amides is 1. The molecule has 1 heterocycles. The van der Waals surface area contributed by atoms with Crippen LogP contribution < -0.4 is 0 Å². The molecule has 0 aliphatic carbocycles. The zero-order valence-corrected chi connectivity index (χ0v) is 13.2. The van der Waals surface area contributed by atoms with E-state index < -0.39 is 17.7 Å². The first-order chi connectivity index (χ1) is 11.5. The maximum Gasteiger partial charge on any atom is 0.274 e. The molecule has 0 N–H and O–H groups in total. The molecule has 0 saturated carbocycles. The van der Waals surface area contributed by atoms with Gasteiger partial charge in [-0.25, -0.2) is 13.8 Å². The Balaban J connectivity index is 1.88. The molecule has 0 radical (unpaired) electrons. The van der Waals surface area contributed by atoms with Crippen LogP contribution in [0.4, 0.5) is 8.78 Å². The maximum absolute atomic E-state index is 13.4. The highest BCUT2D eigenvalue weighted by atomic mass is 19.2. The molecule has 6 heteroatoms. The summed E-state index contributed by atoms with van der Waals surface area (Å²) in [5.74, 6) is -2.20. The van der Waals surface area contributed by atoms with E-state index in [9.17, 15) is 13.6 Å². The summed E-state index contributed by atoms with van der Waals surface area (Å²) < 4.78 is 26.5. The van der Waals surface area contributed by atoms with E-state index in [-0.39, 0.29) is 11.6 Å². The van der Waals surface area contributed by atoms with Crippen LogP contribution in [0.1, 0.15) is 29.0 Å². The van der Waals surface area contributed by atoms with Gasteiger partial charge in [-0.2, -0.15) is 0 Å². The van der Waals surface area contributed by atoms with Crippen LogP contribution in [0, 0.1) is 11.6 Å². The average Bonchev–Trinajstić information content (AvgIpc) is 2.61. The molecule has 1 aromatic heterocycles. The molecular weight excluding hydrogens is 312 g/mol. The molecule has 4 nitrogen and oxygen atoms in total. The first-order valence-corrected chi connectivity index (χ1v) is 7.41. The Kier molecular flexibility index (Phi) is 4.20. The Morgan fingerprint density at radius 2 is 1.79 bits per heavy atom. The van der Waals surface area contributed by atoms with E-state index in [1.807, 2.05) is 18.2 Å². The number of carbonyl (C=O) groups is 1. The van der Waals surface area contributed by atoms with E-state index in [0.29, 0.717) is 16.6 Å². The Labute approximate surface area is 137 Å². The van der Waals surface area contributed by atoms with Crippen LogP contribution in [-0.4, -0.2) is 27.8 Å². The number of carbonyl (C=O) groups excluding carboxylic acids is 1. The highest BCUT2D eigenvalue weighted by molar-refractivity contribution is 5.93. The van der Waals surface area contributed by atoms with Crippen LogP contribution in [0.25, 0.3) is 11.0 Å². The first kappa shape index (κ1) is 16.0. The second-order valence-corrected chi connectivity index (χ2v) is 5.51. The predicted molar refractivity (Wildman–Crippen MR) is 86.4 cm³/mol. The molecule has 0 saturated heterocycles. The lowest BCUT2D eigenvalue weighted by Crippen LogP contribution is -2.30. The fraction of sp³-hybridized carbons (Fsp3) is 0.167. The molecular formula is C18H15F2N3O. The second-order valence-electron chi connectivity index (χ2n) is 5.51. The van der Waals surface area contributed by atoms with Crippen LogP contribution in [-0.2, 0) is 0 Å². The Bertz CT molecular complexity index is 914. The predicted octanol–water partition coefficient (Wildman–Crippen LogP) is 3.74. The summed E-state index contributed by atoms with van der Waals surface area (Å²) in [6, 6.07) is 10.4. The van der Waals surface area contributed by atoms with Crippen molar-refractivity contribution in [3.63, 3.8) is 0 Å². The van der Waals surface area contributed by atoms with Crippen molar-refractivity contribution in [3.8, 4) is 0 Å². The number of hydrogen-bond acceptors (Lipinski definition) is 3. The van der Waals surface area contributed by atoms with Gasteiger partial charge in [-0.1, -0.05) is 18.2 Å². The number of fused-ring (bicyclic) bond motifs is 1. The van der Waals surface area contributed by atoms with Crippen molar-refractivity contribution >= 4 is 16.9 Å². The number of hydrogen-bond donors (Lipinski definition) is 0. The highest BCUT2D eigenvalue weighted by Crippen LogP contribution is 2.22. The van der Waals surface area contributed by atoms with Crippen molar-refractivity contribution in [3.05, 3.63) is 71.6 Å². The molecule has 122 valence electrons. The van der Waals surface area contributed by atoms with Crippen molar-refractivity contribution in [1.29, 1.82) is 0 Å². The average molecular weight is 327 g/mol. The van der Waals surface area contributed by atoms with Crippen LogP contribution in [0.15, 0.2) is 48.7 Å². The standard InChI is InChI=1S/C18H15F2N3O/c1-11(12-7-8-13(19)14(20)9-12)23(2)18(24)17-10-21-15-5-3-4-6-16(15)22-17/h3-11H,1-2H3/t11-/m1/s1. The molecule has 1 amide bonds. The van der Waals surface area contributed by atoms with Crippen molar-refractivity contribution in [1.82, 2.24) is 14.9 Å². The molecule has 0 bridgehead atoms. The summed E-state index contributed by atoms with van der Waals surface area (Å²) in [5, 5.41) is 0. The summed E-state index contributed by atoms with van der Waals surface area (Å²) in [7, 11) is 1.59. The Morgan fingerprint density at radius 1 is 1.08 bits per heavy atom. The molecule has 3 rings (SSSR count). The quantitative estimate of drug-likeness (QED) is 0.736. The van der Waals surface area contributed by atoms with E-state index >= 15 is 0 Å². The summed E-state index contributed by atoms with van der Waals surface area (Å²) >= 11 is 0. The SMILES string of the molecule is C[C@H](c1ccc(F)c(F)c1)N(C)C(=O)c1cnc2ccccc2n1. The van der Waals surface area contributed by atoms with Gasteiger partial charge in [0.2, 0.25) is 0 Å². The summed E-state index contributed by atoms with van der Waals surface area (Å²) in [6.45, 7) is 1.74. The molecule has 1 atom stereocenters. The lowest BCUT2D eigenvalue weighted by atomic mass is 10.1. The van der Waals surface area contributed by atoms with E-state index in [4.69, 9.17) is 0 Å². The number of halogens is 2. The fourth-order valence-electron chi connectivity index (χ4n) is 2.41. The van der Waals surface area contributed by atoms with Crippen LogP contribution in [0.3, 0.4) is 0 Å². The third kappa shape index (κ3) is 2.95. The lowest BCUT2D eigenvalue weighted by molar-refractivity contribution is 0.0736. The fourth-order valence-corrected chi connectivity index (χ4v) is 2.41. The molecule has 0 spiro atoms. The molecule has 2 aromatic carbocycles. The molecule has 0 aliphatic rings. The monoisotopic (exact) mass is 327 g/mol. The van der Waals surface area contributed by atoms with E-state index in [2.05, 4.69) is 9.97 Å². The molecule has 0 aliphatic heterocycles. The smallest absolute Gasteiger partial charge is 0.274 e. The molecule has 0 fully saturated rings. The number of benzene rings is 2. The van der Waals surface area contributed by atoms with Gasteiger partial charge in [0, 0.05) is 7.05 Å². The van der Waals surface area contributed by atoms with Crippen molar-refractivity contribution in [2.45, 2.75) is 13.0 Å². The van der Waals surface area contributed by atoms with Crippen molar-refractivity contribution in [2.75, 3.05) is 7.05 Å². The van der Waals surface area contributed by atoms with Crippen LogP contribution in [0.2, 0.25) is 0 Å². The number of rotatable bonds is 3. The van der Waals surface area contributed by atoms with Gasteiger partial charge in [-0.15, -0.1) is 0 Å². The summed E-state index contributed by atoms with van der Waals surface area (Å²) in [5.41, 5.74) is 2.02. The van der Waals surface area contributed by atoms with E-state index in [1.165, 1.54) is 17.2 Å². The maximum atomic E-state index is 13.4. The highest BCUT2D eigenvalue weighted by Gasteiger charge is 2.21. The first-order valence-electron chi connectivity index (χ1n) is 7.41. The molecule has 0 unspecified atom stereocenters. The van der Waals surface area contributed by atoms with Gasteiger partial charge < -0.3 is 4.90 Å². The van der Waals surface area contributed by atoms with Crippen LogP contribution >= 0.6 is 0 Å². The summed E-state index contributed by atoms with van der Waals surface area (Å²) in [4.78, 5) is 22.6. The Hall–Kier alpha value is -2.89. The lowest BCUT2D eigenvalue weighted by Gasteiger charge is -2.25. The van der Waals surface area contributed by atoms with E-state index in [0.717, 1.165) is 12.1 Å². The van der Waals surface area contributed by atoms with Crippen molar-refractivity contribution in [2.24, 2.45) is 0 Å². The van der Waals surface area contributed by atoms with Gasteiger partial charge in [-0.05, 0) is 36.8 Å². The third-order valence-corrected chi connectivity index (χ3v) is 4.00. The van der Waals surface area contributed by atoms with Gasteiger partial charge in [0.1, 0.15) is 5.69 Å². The minimum Gasteiger partial charge on any atom is -0.334 e. The minimum absolute atomic E-state index is 0.200. The van der Waals surface area contributed by atoms with Gasteiger partial charge in [0.05, 0.1) is 23.3 Å². The summed E-state index contributed by atoms with van der Waals surface area (Å²) in [6.07, 6.45) is 1.42. The Morgan fingerprint density at radius 3 is 2.50 bits per heavy atom. The topological polar surface area (TPSA) is 46.1 Å². The molecule has 3 aromatic rings. The second kappa shape index (κ2) is 6.31. The number of nitrogens with zero attached hydrogens (tertiary/aromatic N) is 3. The van der Waals surface area contributed by atoms with Gasteiger partial charge in [-0.3, -0.25) is 9.78 Å². The van der Waals surface area contributed by atoms with Crippen LogP contribution in [0.5, 0.6) is 0 Å². The van der Waals surface area contributed by atoms with Gasteiger partial charge in [0.15, 0.2) is 11.6 Å². The zero-order valence-electron chi connectivity index (χ0n) is 13.2. The third-order valence-electron chi connectivity index (χ3n) is 4.00. The number of aromatic nitrogens is 2. The van der Waals surface area contributed by atoms with E-state index in [1.54, 1.807) is 20.0 Å². The van der Waals surface area contributed by atoms with Crippen molar-refractivity contribution < 1.29 is 13.6 Å².